The molecular weight excluding hydrogens is 440 g/mol. The minimum Gasteiger partial charge on any atom is -0.320 e. The van der Waals surface area contributed by atoms with Gasteiger partial charge in [0.25, 0.3) is 5.91 Å². The summed E-state index contributed by atoms with van der Waals surface area (Å²) in [5.41, 5.74) is 1.69. The monoisotopic (exact) mass is 458 g/mol. The lowest BCUT2D eigenvalue weighted by Gasteiger charge is -2.18. The van der Waals surface area contributed by atoms with Gasteiger partial charge < -0.3 is 5.32 Å². The summed E-state index contributed by atoms with van der Waals surface area (Å²) in [6.45, 7) is 6.19. The third-order valence-corrected chi connectivity index (χ3v) is 6.77. The number of carbonyl (C=O) groups excluding carboxylic acids is 1. The molecule has 0 spiro atoms. The van der Waals surface area contributed by atoms with Crippen molar-refractivity contribution in [1.82, 2.24) is 4.31 Å². The fraction of sp³-hybridized carbons (Fsp3) is 0.278. The second-order valence-electron chi connectivity index (χ2n) is 5.65. The number of anilines is 1. The molecule has 2 aromatic carbocycles. The number of amides is 1. The zero-order chi connectivity index (χ0) is 19.5. The highest BCUT2D eigenvalue weighted by Crippen LogP contribution is 2.30. The Bertz CT molecular complexity index is 888. The summed E-state index contributed by atoms with van der Waals surface area (Å²) in [4.78, 5) is 12.6. The molecule has 2 rings (SSSR count). The van der Waals surface area contributed by atoms with Gasteiger partial charge in [0.1, 0.15) is 0 Å². The predicted molar refractivity (Wildman–Crippen MR) is 108 cm³/mol. The third-order valence-electron chi connectivity index (χ3n) is 3.95. The molecule has 0 atom stereocenters. The number of rotatable bonds is 6. The first-order valence-corrected chi connectivity index (χ1v) is 10.7. The zero-order valence-corrected chi connectivity index (χ0v) is 17.9. The number of hydrogen-bond donors (Lipinski definition) is 1. The molecule has 0 aliphatic heterocycles. The van der Waals surface area contributed by atoms with Crippen LogP contribution in [0.5, 0.6) is 0 Å². The highest BCUT2D eigenvalue weighted by atomic mass is 79.9. The molecule has 0 fully saturated rings. The Morgan fingerprint density at radius 3 is 2.23 bits per heavy atom. The van der Waals surface area contributed by atoms with Crippen LogP contribution in [0.15, 0.2) is 45.8 Å². The molecule has 8 heteroatoms. The van der Waals surface area contributed by atoms with Crippen LogP contribution in [0.2, 0.25) is 5.02 Å². The molecule has 140 valence electrons. The molecule has 0 aliphatic carbocycles. The standard InChI is InChI=1S/C18H20BrClN2O3S/c1-4-22(5-2)26(24,25)15-8-6-13(7-9-15)18(23)21-17-12(3)10-14(19)11-16(17)20/h6-11H,4-5H2,1-3H3,(H,21,23). The highest BCUT2D eigenvalue weighted by Gasteiger charge is 2.21. The lowest BCUT2D eigenvalue weighted by Crippen LogP contribution is -2.30. The maximum atomic E-state index is 12.5. The topological polar surface area (TPSA) is 66.5 Å². The van der Waals surface area contributed by atoms with E-state index in [2.05, 4.69) is 21.2 Å². The average Bonchev–Trinajstić information content (AvgIpc) is 2.58. The molecule has 0 aliphatic rings. The van der Waals surface area contributed by atoms with Crippen LogP contribution in [0.25, 0.3) is 0 Å². The summed E-state index contributed by atoms with van der Waals surface area (Å²) in [5, 5.41) is 3.20. The summed E-state index contributed by atoms with van der Waals surface area (Å²) in [5.74, 6) is -0.357. The molecule has 0 saturated heterocycles. The second kappa shape index (κ2) is 8.52. The van der Waals surface area contributed by atoms with Crippen LogP contribution < -0.4 is 5.32 Å². The Kier molecular flexibility index (Phi) is 6.85. The van der Waals surface area contributed by atoms with Gasteiger partial charge in [-0.2, -0.15) is 4.31 Å². The first kappa shape index (κ1) is 20.9. The SMILES string of the molecule is CCN(CC)S(=O)(=O)c1ccc(C(=O)Nc2c(C)cc(Br)cc2Cl)cc1. The van der Waals surface area contributed by atoms with Crippen molar-refractivity contribution < 1.29 is 13.2 Å². The number of benzene rings is 2. The van der Waals surface area contributed by atoms with E-state index in [-0.39, 0.29) is 10.8 Å². The zero-order valence-electron chi connectivity index (χ0n) is 14.7. The van der Waals surface area contributed by atoms with E-state index in [0.717, 1.165) is 10.0 Å². The van der Waals surface area contributed by atoms with Crippen LogP contribution in [-0.2, 0) is 10.0 Å². The van der Waals surface area contributed by atoms with Gasteiger partial charge in [-0.15, -0.1) is 0 Å². The van der Waals surface area contributed by atoms with E-state index in [4.69, 9.17) is 11.6 Å². The number of aryl methyl sites for hydroxylation is 1. The minimum atomic E-state index is -3.55. The maximum Gasteiger partial charge on any atom is 0.255 e. The molecule has 0 bridgehead atoms. The van der Waals surface area contributed by atoms with E-state index in [9.17, 15) is 13.2 Å². The number of hydrogen-bond acceptors (Lipinski definition) is 3. The van der Waals surface area contributed by atoms with Gasteiger partial charge in [0.05, 0.1) is 15.6 Å². The first-order valence-electron chi connectivity index (χ1n) is 8.07. The Morgan fingerprint density at radius 1 is 1.15 bits per heavy atom. The number of halogens is 2. The van der Waals surface area contributed by atoms with Crippen molar-refractivity contribution in [1.29, 1.82) is 0 Å². The van der Waals surface area contributed by atoms with Gasteiger partial charge in [0.15, 0.2) is 0 Å². The summed E-state index contributed by atoms with van der Waals surface area (Å²) in [7, 11) is -3.55. The van der Waals surface area contributed by atoms with Crippen molar-refractivity contribution in [3.05, 3.63) is 57.0 Å². The Labute approximate surface area is 167 Å². The van der Waals surface area contributed by atoms with Crippen molar-refractivity contribution in [2.45, 2.75) is 25.7 Å². The normalized spacial score (nSPS) is 11.6. The van der Waals surface area contributed by atoms with Gasteiger partial charge in [-0.05, 0) is 48.9 Å². The fourth-order valence-corrected chi connectivity index (χ4v) is 5.01. The Balaban J connectivity index is 2.25. The minimum absolute atomic E-state index is 0.163. The molecule has 0 saturated carbocycles. The van der Waals surface area contributed by atoms with E-state index in [1.807, 2.05) is 13.0 Å². The lowest BCUT2D eigenvalue weighted by atomic mass is 10.1. The molecule has 0 unspecified atom stereocenters. The number of nitrogens with one attached hydrogen (secondary N) is 1. The van der Waals surface area contributed by atoms with E-state index in [1.165, 1.54) is 28.6 Å². The summed E-state index contributed by atoms with van der Waals surface area (Å²) in [6.07, 6.45) is 0. The van der Waals surface area contributed by atoms with E-state index < -0.39 is 10.0 Å². The average molecular weight is 460 g/mol. The number of sulfonamides is 1. The Morgan fingerprint density at radius 2 is 1.73 bits per heavy atom. The number of carbonyl (C=O) groups is 1. The maximum absolute atomic E-state index is 12.5. The first-order chi connectivity index (χ1) is 12.2. The van der Waals surface area contributed by atoms with Crippen molar-refractivity contribution in [3.8, 4) is 0 Å². The van der Waals surface area contributed by atoms with Crippen LogP contribution >= 0.6 is 27.5 Å². The van der Waals surface area contributed by atoms with Crippen molar-refractivity contribution in [2.75, 3.05) is 18.4 Å². The highest BCUT2D eigenvalue weighted by molar-refractivity contribution is 9.10. The van der Waals surface area contributed by atoms with Crippen LogP contribution in [0, 0.1) is 6.92 Å². The molecule has 0 heterocycles. The fourth-order valence-electron chi connectivity index (χ4n) is 2.54. The van der Waals surface area contributed by atoms with Gasteiger partial charge in [0, 0.05) is 23.1 Å². The van der Waals surface area contributed by atoms with Crippen LogP contribution in [0.1, 0.15) is 29.8 Å². The van der Waals surface area contributed by atoms with Crippen LogP contribution in [0.4, 0.5) is 5.69 Å². The molecule has 26 heavy (non-hydrogen) atoms. The number of nitrogens with zero attached hydrogens (tertiary/aromatic N) is 1. The summed E-state index contributed by atoms with van der Waals surface area (Å²) < 4.78 is 27.2. The van der Waals surface area contributed by atoms with Gasteiger partial charge in [-0.1, -0.05) is 41.4 Å². The van der Waals surface area contributed by atoms with Gasteiger partial charge in [0.2, 0.25) is 10.0 Å². The van der Waals surface area contributed by atoms with E-state index in [0.29, 0.717) is 29.4 Å². The lowest BCUT2D eigenvalue weighted by molar-refractivity contribution is 0.102. The van der Waals surface area contributed by atoms with E-state index >= 15 is 0 Å². The summed E-state index contributed by atoms with van der Waals surface area (Å²) in [6, 6.07) is 9.42. The summed E-state index contributed by atoms with van der Waals surface area (Å²) >= 11 is 9.54. The third kappa shape index (κ3) is 4.46. The molecular formula is C18H20BrClN2O3S. The molecule has 1 N–H and O–H groups in total. The van der Waals surface area contributed by atoms with Crippen molar-refractivity contribution in [3.63, 3.8) is 0 Å². The molecule has 2 aromatic rings. The van der Waals surface area contributed by atoms with Crippen molar-refractivity contribution in [2.24, 2.45) is 0 Å². The van der Waals surface area contributed by atoms with Gasteiger partial charge >= 0.3 is 0 Å². The van der Waals surface area contributed by atoms with Gasteiger partial charge in [-0.25, -0.2) is 8.42 Å². The molecule has 0 aromatic heterocycles. The quantitative estimate of drug-likeness (QED) is 0.681. The largest absolute Gasteiger partial charge is 0.320 e. The van der Waals surface area contributed by atoms with E-state index in [1.54, 1.807) is 19.9 Å². The molecule has 1 amide bonds. The Hall–Kier alpha value is -1.41. The second-order valence-corrected chi connectivity index (χ2v) is 8.91. The predicted octanol–water partition coefficient (Wildman–Crippen LogP) is 4.69. The van der Waals surface area contributed by atoms with Gasteiger partial charge in [-0.3, -0.25) is 4.79 Å². The van der Waals surface area contributed by atoms with Crippen molar-refractivity contribution >= 4 is 49.1 Å². The van der Waals surface area contributed by atoms with Crippen LogP contribution in [0.3, 0.4) is 0 Å². The molecule has 5 nitrogen and oxygen atoms in total. The molecule has 0 radical (unpaired) electrons. The van der Waals surface area contributed by atoms with Crippen LogP contribution in [-0.4, -0.2) is 31.7 Å². The smallest absolute Gasteiger partial charge is 0.255 e.